The third-order valence-corrected chi connectivity index (χ3v) is 7.46. The van der Waals surface area contributed by atoms with Crippen molar-refractivity contribution >= 4 is 23.0 Å². The molecule has 0 spiro atoms. The first-order valence-corrected chi connectivity index (χ1v) is 12.3. The summed E-state index contributed by atoms with van der Waals surface area (Å²) in [6.07, 6.45) is 7.12. The van der Waals surface area contributed by atoms with Gasteiger partial charge in [0.1, 0.15) is 17.7 Å². The van der Waals surface area contributed by atoms with Crippen LogP contribution < -0.4 is 0 Å². The van der Waals surface area contributed by atoms with Crippen molar-refractivity contribution in [3.05, 3.63) is 83.0 Å². The summed E-state index contributed by atoms with van der Waals surface area (Å²) >= 11 is 0. The van der Waals surface area contributed by atoms with Gasteiger partial charge in [-0.25, -0.2) is 4.39 Å². The second-order valence-electron chi connectivity index (χ2n) is 9.95. The molecule has 3 aromatic rings. The summed E-state index contributed by atoms with van der Waals surface area (Å²) in [6.45, 7) is 2.10. The molecule has 1 saturated carbocycles. The highest BCUT2D eigenvalue weighted by molar-refractivity contribution is 6.05. The Balaban J connectivity index is 1.46. The van der Waals surface area contributed by atoms with Crippen molar-refractivity contribution in [2.75, 3.05) is 0 Å². The largest absolute Gasteiger partial charge is 0.509 e. The Hall–Kier alpha value is -3.25. The summed E-state index contributed by atoms with van der Waals surface area (Å²) in [4.78, 5) is 25.6. The Morgan fingerprint density at radius 3 is 2.57 bits per heavy atom. The summed E-state index contributed by atoms with van der Waals surface area (Å²) in [5, 5.41) is 12.0. The molecule has 2 unspecified atom stereocenters. The molecule has 1 aliphatic heterocycles. The van der Waals surface area contributed by atoms with Gasteiger partial charge in [-0.1, -0.05) is 49.6 Å². The molecule has 5 nitrogen and oxygen atoms in total. The number of aldehydes is 1. The van der Waals surface area contributed by atoms with Gasteiger partial charge < -0.3 is 14.4 Å². The normalized spacial score (nSPS) is 23.2. The molecule has 2 atom stereocenters. The predicted molar refractivity (Wildman–Crippen MR) is 132 cm³/mol. The summed E-state index contributed by atoms with van der Waals surface area (Å²) in [5.41, 5.74) is 1.34. The van der Waals surface area contributed by atoms with Gasteiger partial charge in [-0.05, 0) is 55.0 Å². The van der Waals surface area contributed by atoms with Crippen LogP contribution in [0.1, 0.15) is 50.2 Å². The number of halogens is 1. The topological polar surface area (TPSA) is 68.5 Å². The molecule has 0 radical (unpaired) electrons. The van der Waals surface area contributed by atoms with E-state index in [-0.39, 0.29) is 35.3 Å². The van der Waals surface area contributed by atoms with E-state index >= 15 is 0 Å². The monoisotopic (exact) mass is 475 g/mol. The van der Waals surface area contributed by atoms with E-state index < -0.39 is 11.7 Å². The van der Waals surface area contributed by atoms with Crippen LogP contribution >= 0.6 is 0 Å². The van der Waals surface area contributed by atoms with Crippen LogP contribution in [0.5, 0.6) is 0 Å². The lowest BCUT2D eigenvalue weighted by atomic mass is 9.83. The van der Waals surface area contributed by atoms with Crippen LogP contribution in [0.4, 0.5) is 4.39 Å². The van der Waals surface area contributed by atoms with E-state index in [0.717, 1.165) is 54.1 Å². The molecule has 0 saturated heterocycles. The van der Waals surface area contributed by atoms with E-state index in [1.165, 1.54) is 12.1 Å². The van der Waals surface area contributed by atoms with Crippen LogP contribution in [0.15, 0.2) is 66.1 Å². The van der Waals surface area contributed by atoms with Gasteiger partial charge in [0, 0.05) is 30.1 Å². The van der Waals surface area contributed by atoms with Gasteiger partial charge in [-0.2, -0.15) is 0 Å². The Labute approximate surface area is 204 Å². The number of ether oxygens (including phenoxy) is 1. The van der Waals surface area contributed by atoms with Gasteiger partial charge in [-0.3, -0.25) is 9.59 Å². The minimum atomic E-state index is -1.45. The van der Waals surface area contributed by atoms with Crippen LogP contribution in [0.3, 0.4) is 0 Å². The molecular weight excluding hydrogens is 445 g/mol. The van der Waals surface area contributed by atoms with Crippen molar-refractivity contribution in [1.29, 1.82) is 0 Å². The number of Topliss-reactive ketones (excluding diaryl/α,β-unsaturated/α-hetero) is 1. The molecular formula is C29H30FNO4. The second kappa shape index (κ2) is 9.42. The maximum absolute atomic E-state index is 13.6. The highest BCUT2D eigenvalue weighted by Gasteiger charge is 2.49. The zero-order valence-electron chi connectivity index (χ0n) is 19.9. The van der Waals surface area contributed by atoms with Crippen LogP contribution in [0.2, 0.25) is 0 Å². The van der Waals surface area contributed by atoms with Gasteiger partial charge >= 0.3 is 0 Å². The number of hydrogen-bond donors (Lipinski definition) is 1. The van der Waals surface area contributed by atoms with E-state index in [9.17, 15) is 19.1 Å². The number of rotatable bonds is 7. The lowest BCUT2D eigenvalue weighted by Gasteiger charge is -2.29. The molecule has 2 aliphatic rings. The van der Waals surface area contributed by atoms with E-state index in [2.05, 4.69) is 0 Å². The Bertz CT molecular complexity index is 1290. The molecule has 1 aromatic heterocycles. The van der Waals surface area contributed by atoms with Crippen LogP contribution in [-0.4, -0.2) is 33.4 Å². The number of carbonyl (C=O) groups excluding carboxylic acids is 2. The zero-order valence-corrected chi connectivity index (χ0v) is 19.9. The van der Waals surface area contributed by atoms with Crippen LogP contribution in [-0.2, 0) is 27.3 Å². The Morgan fingerprint density at radius 1 is 1.14 bits per heavy atom. The van der Waals surface area contributed by atoms with Crippen LogP contribution in [0.25, 0.3) is 10.9 Å². The number of fused-ring (bicyclic) bond motifs is 1. The fourth-order valence-electron chi connectivity index (χ4n) is 5.68. The molecule has 1 N–H and O–H groups in total. The quantitative estimate of drug-likeness (QED) is 0.446. The van der Waals surface area contributed by atoms with Crippen LogP contribution in [0, 0.1) is 11.7 Å². The number of ketones is 1. The average molecular weight is 476 g/mol. The van der Waals surface area contributed by atoms with Gasteiger partial charge in [0.05, 0.1) is 5.57 Å². The molecule has 35 heavy (non-hydrogen) atoms. The smallest absolute Gasteiger partial charge is 0.170 e. The number of benzene rings is 2. The third kappa shape index (κ3) is 4.43. The first-order valence-electron chi connectivity index (χ1n) is 12.3. The van der Waals surface area contributed by atoms with Gasteiger partial charge in [0.15, 0.2) is 17.7 Å². The number of aliphatic hydroxyl groups excluding tert-OH is 1. The number of aliphatic hydroxyl groups is 1. The number of aromatic nitrogens is 1. The molecule has 2 heterocycles. The van der Waals surface area contributed by atoms with Crippen molar-refractivity contribution in [3.8, 4) is 0 Å². The lowest BCUT2D eigenvalue weighted by Crippen LogP contribution is -2.36. The Kier molecular flexibility index (Phi) is 6.32. The van der Waals surface area contributed by atoms with E-state index in [0.29, 0.717) is 12.8 Å². The lowest BCUT2D eigenvalue weighted by molar-refractivity contribution is -0.132. The average Bonchev–Trinajstić information content (AvgIpc) is 3.35. The first-order chi connectivity index (χ1) is 16.9. The molecule has 0 bridgehead atoms. The second-order valence-corrected chi connectivity index (χ2v) is 9.95. The van der Waals surface area contributed by atoms with E-state index in [1.807, 2.05) is 35.0 Å². The number of carbonyl (C=O) groups is 2. The maximum Gasteiger partial charge on any atom is 0.170 e. The first kappa shape index (κ1) is 23.5. The zero-order chi connectivity index (χ0) is 24.6. The minimum absolute atomic E-state index is 0.0422. The highest BCUT2D eigenvalue weighted by atomic mass is 19.1. The van der Waals surface area contributed by atoms with Gasteiger partial charge in [0.2, 0.25) is 0 Å². The number of para-hydroxylation sites is 1. The molecule has 182 valence electrons. The van der Waals surface area contributed by atoms with E-state index in [1.54, 1.807) is 19.1 Å². The van der Waals surface area contributed by atoms with E-state index in [4.69, 9.17) is 4.74 Å². The van der Waals surface area contributed by atoms with Crippen molar-refractivity contribution in [3.63, 3.8) is 0 Å². The van der Waals surface area contributed by atoms with Gasteiger partial charge in [0.25, 0.3) is 0 Å². The fraction of sp³-hybridized carbons (Fsp3) is 0.379. The molecule has 1 aliphatic carbocycles. The molecule has 1 fully saturated rings. The fourth-order valence-corrected chi connectivity index (χ4v) is 5.68. The summed E-state index contributed by atoms with van der Waals surface area (Å²) in [6, 6.07) is 14.2. The van der Waals surface area contributed by atoms with Crippen molar-refractivity contribution in [2.24, 2.45) is 5.92 Å². The third-order valence-electron chi connectivity index (χ3n) is 7.46. The summed E-state index contributed by atoms with van der Waals surface area (Å²) in [5.74, 6) is -0.549. The van der Waals surface area contributed by atoms with Gasteiger partial charge in [-0.15, -0.1) is 0 Å². The predicted octanol–water partition coefficient (Wildman–Crippen LogP) is 5.69. The molecule has 0 amide bonds. The highest BCUT2D eigenvalue weighted by Crippen LogP contribution is 2.42. The maximum atomic E-state index is 13.6. The SMILES string of the molecule is CC1(C=O)OC(C2CCCCC2)C(O)=C1C(=O)Cc1cn(Cc2ccc(F)cc2)c2ccccc12. The van der Waals surface area contributed by atoms with Crippen molar-refractivity contribution in [1.82, 2.24) is 4.57 Å². The molecule has 2 aromatic carbocycles. The summed E-state index contributed by atoms with van der Waals surface area (Å²) < 4.78 is 21.4. The molecule has 5 rings (SSSR count). The standard InChI is InChI=1S/C29H30FNO4/c1-29(18-32)26(27(34)28(35-29)20-7-3-2-4-8-20)25(33)15-21-17-31(24-10-6-5-9-23(21)24)16-19-11-13-22(30)14-12-19/h5-6,9-14,17-18,20,28,34H,2-4,7-8,15-16H2,1H3. The number of hydrogen-bond acceptors (Lipinski definition) is 4. The summed E-state index contributed by atoms with van der Waals surface area (Å²) in [7, 11) is 0. The molecule has 6 heteroatoms. The number of nitrogens with zero attached hydrogens (tertiary/aromatic N) is 1. The van der Waals surface area contributed by atoms with Crippen molar-refractivity contribution < 1.29 is 23.8 Å². The minimum Gasteiger partial charge on any atom is -0.509 e. The van der Waals surface area contributed by atoms with Crippen molar-refractivity contribution in [2.45, 2.75) is 63.7 Å². The Morgan fingerprint density at radius 2 is 1.86 bits per heavy atom.